The van der Waals surface area contributed by atoms with Crippen molar-refractivity contribution < 1.29 is 19.7 Å². The summed E-state index contributed by atoms with van der Waals surface area (Å²) in [5, 5.41) is 18.9. The van der Waals surface area contributed by atoms with Gasteiger partial charge in [-0.05, 0) is 48.7 Å². The first-order valence-corrected chi connectivity index (χ1v) is 11.4. The van der Waals surface area contributed by atoms with E-state index in [1.807, 2.05) is 36.4 Å². The van der Waals surface area contributed by atoms with Gasteiger partial charge in [0.2, 0.25) is 5.75 Å². The lowest BCUT2D eigenvalue weighted by Gasteiger charge is -2.26. The van der Waals surface area contributed by atoms with Gasteiger partial charge in [-0.3, -0.25) is 14.3 Å². The van der Waals surface area contributed by atoms with Crippen LogP contribution in [0.15, 0.2) is 53.3 Å². The van der Waals surface area contributed by atoms with Crippen molar-refractivity contribution in [2.45, 2.75) is 26.4 Å². The Balaban J connectivity index is 1.36. The summed E-state index contributed by atoms with van der Waals surface area (Å²) in [4.78, 5) is 29.6. The molecule has 2 heterocycles. The normalized spacial score (nSPS) is 13.7. The maximum Gasteiger partial charge on any atom is 0.358 e. The summed E-state index contributed by atoms with van der Waals surface area (Å²) in [5.74, 6) is 4.33. The summed E-state index contributed by atoms with van der Waals surface area (Å²) in [6, 6.07) is 16.0. The van der Waals surface area contributed by atoms with Crippen LogP contribution in [0.5, 0.6) is 5.75 Å². The minimum Gasteiger partial charge on any atom is -0.501 e. The predicted molar refractivity (Wildman–Crippen MR) is 131 cm³/mol. The zero-order valence-corrected chi connectivity index (χ0v) is 19.5. The van der Waals surface area contributed by atoms with Crippen molar-refractivity contribution in [1.82, 2.24) is 14.5 Å². The molecular weight excluding hydrogens is 446 g/mol. The number of aromatic hydroxyl groups is 1. The Morgan fingerprint density at radius 3 is 2.14 bits per heavy atom. The molecule has 0 bridgehead atoms. The van der Waals surface area contributed by atoms with E-state index in [-0.39, 0.29) is 12.4 Å². The molecule has 1 saturated heterocycles. The van der Waals surface area contributed by atoms with E-state index in [2.05, 4.69) is 33.9 Å². The molecular formula is C27H27N3O5. The number of aromatic carboxylic acids is 1. The Labute approximate surface area is 203 Å². The molecule has 2 aromatic carbocycles. The zero-order chi connectivity index (χ0) is 24.8. The van der Waals surface area contributed by atoms with E-state index in [9.17, 15) is 14.7 Å². The fourth-order valence-electron chi connectivity index (χ4n) is 3.91. The van der Waals surface area contributed by atoms with Crippen LogP contribution in [0.25, 0.3) is 0 Å². The summed E-state index contributed by atoms with van der Waals surface area (Å²) >= 11 is 0. The first kappa shape index (κ1) is 24.2. The zero-order valence-electron chi connectivity index (χ0n) is 19.5. The van der Waals surface area contributed by atoms with Gasteiger partial charge in [-0.1, -0.05) is 36.1 Å². The van der Waals surface area contributed by atoms with E-state index in [1.165, 1.54) is 10.1 Å². The first-order valence-electron chi connectivity index (χ1n) is 11.4. The van der Waals surface area contributed by atoms with Gasteiger partial charge >= 0.3 is 5.97 Å². The average molecular weight is 474 g/mol. The van der Waals surface area contributed by atoms with E-state index in [0.29, 0.717) is 6.42 Å². The van der Waals surface area contributed by atoms with Crippen LogP contribution in [0.1, 0.15) is 38.6 Å². The third-order valence-corrected chi connectivity index (χ3v) is 5.93. The number of carbonyl (C=O) groups is 1. The Morgan fingerprint density at radius 2 is 1.57 bits per heavy atom. The number of carboxylic acids is 1. The molecule has 0 unspecified atom stereocenters. The maximum atomic E-state index is 12.3. The highest BCUT2D eigenvalue weighted by atomic mass is 16.5. The Hall–Kier alpha value is -3.93. The van der Waals surface area contributed by atoms with Crippen molar-refractivity contribution in [2.24, 2.45) is 0 Å². The lowest BCUT2D eigenvalue weighted by Crippen LogP contribution is -2.35. The van der Waals surface area contributed by atoms with Crippen molar-refractivity contribution >= 4 is 5.97 Å². The summed E-state index contributed by atoms with van der Waals surface area (Å²) in [5.41, 5.74) is 2.69. The molecule has 0 radical (unpaired) electrons. The number of morpholine rings is 1. The molecule has 180 valence electrons. The molecule has 1 aliphatic heterocycles. The molecule has 2 N–H and O–H groups in total. The van der Waals surface area contributed by atoms with E-state index in [1.54, 1.807) is 6.92 Å². The number of rotatable bonds is 6. The topological polar surface area (TPSA) is 105 Å². The minimum absolute atomic E-state index is 0.239. The van der Waals surface area contributed by atoms with E-state index >= 15 is 0 Å². The van der Waals surface area contributed by atoms with Gasteiger partial charge in [-0.2, -0.15) is 0 Å². The molecule has 3 aromatic rings. The second kappa shape index (κ2) is 11.0. The largest absolute Gasteiger partial charge is 0.501 e. The molecule has 0 spiro atoms. The summed E-state index contributed by atoms with van der Waals surface area (Å²) in [6.07, 6.45) is 0.520. The smallest absolute Gasteiger partial charge is 0.358 e. The second-order valence-corrected chi connectivity index (χ2v) is 8.40. The van der Waals surface area contributed by atoms with E-state index in [0.717, 1.165) is 49.5 Å². The van der Waals surface area contributed by atoms with Crippen LogP contribution in [0.3, 0.4) is 0 Å². The van der Waals surface area contributed by atoms with Crippen LogP contribution >= 0.6 is 0 Å². The number of aryl methyl sites for hydroxylation is 2. The lowest BCUT2D eigenvalue weighted by molar-refractivity contribution is 0.0342. The average Bonchev–Trinajstić information content (AvgIpc) is 2.87. The Kier molecular flexibility index (Phi) is 7.60. The number of hydrogen-bond acceptors (Lipinski definition) is 6. The van der Waals surface area contributed by atoms with Gasteiger partial charge in [0.1, 0.15) is 5.82 Å². The molecule has 1 aliphatic rings. The van der Waals surface area contributed by atoms with Gasteiger partial charge in [-0.25, -0.2) is 9.78 Å². The van der Waals surface area contributed by atoms with Crippen LogP contribution in [-0.2, 0) is 24.2 Å². The van der Waals surface area contributed by atoms with Gasteiger partial charge in [0.15, 0.2) is 5.69 Å². The highest BCUT2D eigenvalue weighted by Gasteiger charge is 2.18. The fraction of sp³-hybridized carbons (Fsp3) is 0.296. The Morgan fingerprint density at radius 1 is 1.00 bits per heavy atom. The number of hydrogen-bond donors (Lipinski definition) is 2. The monoisotopic (exact) mass is 473 g/mol. The standard InChI is InChI=1S/C27H27N3O5/c1-19-28-24(27(33)34)25(31)26(32)30(19)13-12-22-6-4-20(5-7-22)2-3-21-8-10-23(11-9-21)18-29-14-16-35-17-15-29/h4-11,31H,12-18H2,1H3,(H,33,34). The SMILES string of the molecule is Cc1nc(C(=O)O)c(O)c(=O)n1CCc1ccc(C#Cc2ccc(CN3CCOCC3)cc2)cc1. The molecule has 1 aromatic heterocycles. The molecule has 0 aliphatic carbocycles. The molecule has 0 saturated carbocycles. The highest BCUT2D eigenvalue weighted by Crippen LogP contribution is 2.12. The van der Waals surface area contributed by atoms with Crippen LogP contribution < -0.4 is 5.56 Å². The van der Waals surface area contributed by atoms with E-state index in [4.69, 9.17) is 9.84 Å². The van der Waals surface area contributed by atoms with Gasteiger partial charge in [-0.15, -0.1) is 0 Å². The summed E-state index contributed by atoms with van der Waals surface area (Å²) < 4.78 is 6.67. The van der Waals surface area contributed by atoms with Crippen molar-refractivity contribution in [3.8, 4) is 17.6 Å². The second-order valence-electron chi connectivity index (χ2n) is 8.40. The molecule has 0 atom stereocenters. The minimum atomic E-state index is -1.43. The molecule has 0 amide bonds. The van der Waals surface area contributed by atoms with Gasteiger partial charge in [0.25, 0.3) is 5.56 Å². The van der Waals surface area contributed by atoms with E-state index < -0.39 is 23.0 Å². The first-order chi connectivity index (χ1) is 16.9. The van der Waals surface area contributed by atoms with Crippen molar-refractivity contribution in [3.63, 3.8) is 0 Å². The Bertz CT molecular complexity index is 1310. The third-order valence-electron chi connectivity index (χ3n) is 5.93. The predicted octanol–water partition coefficient (Wildman–Crippen LogP) is 2.43. The molecule has 8 heteroatoms. The van der Waals surface area contributed by atoms with Gasteiger partial charge < -0.3 is 14.9 Å². The van der Waals surface area contributed by atoms with Gasteiger partial charge in [0.05, 0.1) is 13.2 Å². The molecule has 35 heavy (non-hydrogen) atoms. The van der Waals surface area contributed by atoms with Crippen LogP contribution in [0.4, 0.5) is 0 Å². The number of benzene rings is 2. The summed E-state index contributed by atoms with van der Waals surface area (Å²) in [7, 11) is 0. The third kappa shape index (κ3) is 6.15. The lowest BCUT2D eigenvalue weighted by atomic mass is 10.1. The van der Waals surface area contributed by atoms with Crippen molar-refractivity contribution in [2.75, 3.05) is 26.3 Å². The highest BCUT2D eigenvalue weighted by molar-refractivity contribution is 5.88. The fourth-order valence-corrected chi connectivity index (χ4v) is 3.91. The number of ether oxygens (including phenoxy) is 1. The molecule has 8 nitrogen and oxygen atoms in total. The number of aromatic nitrogens is 2. The van der Waals surface area contributed by atoms with Crippen LogP contribution in [-0.4, -0.2) is 56.9 Å². The maximum absolute atomic E-state index is 12.3. The quantitative estimate of drug-likeness (QED) is 0.530. The van der Waals surface area contributed by atoms with Crippen LogP contribution in [0, 0.1) is 18.8 Å². The number of nitrogens with zero attached hydrogens (tertiary/aromatic N) is 3. The van der Waals surface area contributed by atoms with Crippen LogP contribution in [0.2, 0.25) is 0 Å². The molecule has 4 rings (SSSR count). The van der Waals surface area contributed by atoms with Crippen molar-refractivity contribution in [3.05, 3.63) is 92.7 Å². The summed E-state index contributed by atoms with van der Waals surface area (Å²) in [6.45, 7) is 6.24. The van der Waals surface area contributed by atoms with Crippen molar-refractivity contribution in [1.29, 1.82) is 0 Å². The molecule has 1 fully saturated rings. The number of carboxylic acid groups (broad SMARTS) is 1. The van der Waals surface area contributed by atoms with Gasteiger partial charge in [0, 0.05) is 37.3 Å².